The summed E-state index contributed by atoms with van der Waals surface area (Å²) >= 11 is 0. The van der Waals surface area contributed by atoms with E-state index in [0.717, 1.165) is 0 Å². The third kappa shape index (κ3) is 16.7. The lowest BCUT2D eigenvalue weighted by atomic mass is 10.0. The first kappa shape index (κ1) is 34.8. The van der Waals surface area contributed by atoms with E-state index in [1.165, 1.54) is 179 Å². The smallest absolute Gasteiger partial charge is 0.127 e. The van der Waals surface area contributed by atoms with Gasteiger partial charge in [0.1, 0.15) is 6.17 Å². The molecule has 2 nitrogen and oxygen atoms in total. The minimum Gasteiger partial charge on any atom is -0.352 e. The van der Waals surface area contributed by atoms with E-state index in [2.05, 4.69) is 66.4 Å². The van der Waals surface area contributed by atoms with E-state index in [9.17, 15) is 0 Å². The minimum absolute atomic E-state index is 0.395. The highest BCUT2D eigenvalue weighted by molar-refractivity contribution is 5.21. The third-order valence-corrected chi connectivity index (χ3v) is 8.97. The number of nitrogens with zero attached hydrogens (tertiary/aromatic N) is 2. The maximum absolute atomic E-state index is 2.61. The fourth-order valence-electron chi connectivity index (χ4n) is 6.37. The molecule has 0 radical (unpaired) electrons. The summed E-state index contributed by atoms with van der Waals surface area (Å²) in [6, 6.07) is 11.2. The number of benzene rings is 1. The first-order chi connectivity index (χ1) is 19.9. The molecule has 1 aliphatic rings. The van der Waals surface area contributed by atoms with Crippen molar-refractivity contribution in [3.05, 3.63) is 48.3 Å². The quantitative estimate of drug-likeness (QED) is 0.0954. The lowest BCUT2D eigenvalue weighted by molar-refractivity contribution is 0.149. The molecule has 0 aliphatic carbocycles. The topological polar surface area (TPSA) is 6.48 Å². The third-order valence-electron chi connectivity index (χ3n) is 8.97. The molecule has 0 bridgehead atoms. The van der Waals surface area contributed by atoms with Crippen molar-refractivity contribution in [2.45, 2.75) is 181 Å². The molecule has 1 atom stereocenters. The Labute approximate surface area is 251 Å². The van der Waals surface area contributed by atoms with Crippen LogP contribution in [-0.2, 0) is 0 Å². The Bertz CT molecular complexity index is 684. The molecule has 0 amide bonds. The molecule has 0 spiro atoms. The van der Waals surface area contributed by atoms with Gasteiger partial charge < -0.3 is 9.80 Å². The van der Waals surface area contributed by atoms with Crippen LogP contribution in [0.1, 0.15) is 186 Å². The van der Waals surface area contributed by atoms with Gasteiger partial charge in [-0.15, -0.1) is 0 Å². The molecule has 2 heteroatoms. The average Bonchev–Trinajstić information content (AvgIpc) is 3.39. The van der Waals surface area contributed by atoms with Gasteiger partial charge in [0.15, 0.2) is 0 Å². The summed E-state index contributed by atoms with van der Waals surface area (Å²) < 4.78 is 0. The maximum atomic E-state index is 2.61. The first-order valence-electron chi connectivity index (χ1n) is 18.1. The highest BCUT2D eigenvalue weighted by atomic mass is 15.4. The summed E-state index contributed by atoms with van der Waals surface area (Å²) in [6.07, 6.45) is 40.7. The molecule has 1 aromatic carbocycles. The second-order valence-corrected chi connectivity index (χ2v) is 12.7. The lowest BCUT2D eigenvalue weighted by Crippen LogP contribution is -2.32. The van der Waals surface area contributed by atoms with Crippen LogP contribution in [0.2, 0.25) is 0 Å². The summed E-state index contributed by atoms with van der Waals surface area (Å²) in [7, 11) is 0. The van der Waals surface area contributed by atoms with Gasteiger partial charge in [0.05, 0.1) is 0 Å². The van der Waals surface area contributed by atoms with Crippen LogP contribution >= 0.6 is 0 Å². The van der Waals surface area contributed by atoms with Crippen LogP contribution in [0.4, 0.5) is 0 Å². The van der Waals surface area contributed by atoms with Gasteiger partial charge in [0.2, 0.25) is 0 Å². The van der Waals surface area contributed by atoms with Crippen LogP contribution in [0.25, 0.3) is 0 Å². The molecule has 2 rings (SSSR count). The molecule has 1 heterocycles. The van der Waals surface area contributed by atoms with E-state index in [-0.39, 0.29) is 0 Å². The summed E-state index contributed by atoms with van der Waals surface area (Å²) in [5, 5.41) is 0. The standard InChI is InChI=1S/C38H68N2/c1-3-5-7-9-11-13-15-16-17-18-19-21-23-25-30-34-40-36-35-39(38(40)37-31-27-26-28-32-37)33-29-24-22-20-14-12-10-8-6-4-2/h26-28,31-32,35-36,38H,3-25,29-30,33-34H2,1-2H3. The molecule has 0 fully saturated rings. The van der Waals surface area contributed by atoms with Crippen LogP contribution in [0.3, 0.4) is 0 Å². The van der Waals surface area contributed by atoms with Gasteiger partial charge in [0.25, 0.3) is 0 Å². The fraction of sp³-hybridized carbons (Fsp3) is 0.789. The van der Waals surface area contributed by atoms with Crippen LogP contribution in [0.5, 0.6) is 0 Å². The Morgan fingerprint density at radius 2 is 0.700 bits per heavy atom. The molecule has 1 unspecified atom stereocenters. The molecular formula is C38H68N2. The van der Waals surface area contributed by atoms with Gasteiger partial charge in [-0.3, -0.25) is 0 Å². The van der Waals surface area contributed by atoms with Gasteiger partial charge in [0, 0.05) is 25.5 Å². The van der Waals surface area contributed by atoms with Crippen LogP contribution in [0.15, 0.2) is 42.7 Å². The van der Waals surface area contributed by atoms with E-state index < -0.39 is 0 Å². The number of hydrogen-bond donors (Lipinski definition) is 0. The van der Waals surface area contributed by atoms with Crippen molar-refractivity contribution < 1.29 is 0 Å². The van der Waals surface area contributed by atoms with E-state index in [0.29, 0.717) is 6.17 Å². The molecule has 0 saturated heterocycles. The first-order valence-corrected chi connectivity index (χ1v) is 18.1. The number of hydrogen-bond acceptors (Lipinski definition) is 2. The van der Waals surface area contributed by atoms with E-state index in [1.807, 2.05) is 0 Å². The highest BCUT2D eigenvalue weighted by Gasteiger charge is 2.26. The Kier molecular flexibility index (Phi) is 22.0. The van der Waals surface area contributed by atoms with Crippen molar-refractivity contribution in [2.24, 2.45) is 0 Å². The largest absolute Gasteiger partial charge is 0.352 e. The molecule has 0 aromatic heterocycles. The van der Waals surface area contributed by atoms with Gasteiger partial charge in [-0.2, -0.15) is 0 Å². The summed E-state index contributed by atoms with van der Waals surface area (Å²) in [6.45, 7) is 6.97. The second-order valence-electron chi connectivity index (χ2n) is 12.7. The van der Waals surface area contributed by atoms with Crippen molar-refractivity contribution in [2.75, 3.05) is 13.1 Å². The molecule has 1 aliphatic heterocycles. The molecular weight excluding hydrogens is 484 g/mol. The average molecular weight is 553 g/mol. The predicted molar refractivity (Wildman–Crippen MR) is 179 cm³/mol. The Hall–Kier alpha value is -1.44. The fourth-order valence-corrected chi connectivity index (χ4v) is 6.37. The monoisotopic (exact) mass is 553 g/mol. The van der Waals surface area contributed by atoms with Crippen LogP contribution in [0, 0.1) is 0 Å². The lowest BCUT2D eigenvalue weighted by Gasteiger charge is -2.33. The second kappa shape index (κ2) is 25.3. The summed E-state index contributed by atoms with van der Waals surface area (Å²) in [5.41, 5.74) is 1.44. The van der Waals surface area contributed by atoms with Gasteiger partial charge in [-0.05, 0) is 18.4 Å². The molecule has 1 aromatic rings. The molecule has 0 N–H and O–H groups in total. The molecule has 0 saturated carbocycles. The van der Waals surface area contributed by atoms with Crippen molar-refractivity contribution in [3.63, 3.8) is 0 Å². The Balaban J connectivity index is 1.52. The zero-order valence-corrected chi connectivity index (χ0v) is 27.1. The SMILES string of the molecule is CCCCCCCCCCCCCCCCCN1C=CN(CCCCCCCCCCCC)C1c1ccccc1. The predicted octanol–water partition coefficient (Wildman–Crippen LogP) is 12.6. The zero-order valence-electron chi connectivity index (χ0n) is 27.1. The molecule has 230 valence electrons. The van der Waals surface area contributed by atoms with Crippen molar-refractivity contribution >= 4 is 0 Å². The van der Waals surface area contributed by atoms with E-state index >= 15 is 0 Å². The summed E-state index contributed by atoms with van der Waals surface area (Å²) in [5.74, 6) is 0. The number of unbranched alkanes of at least 4 members (excludes halogenated alkanes) is 23. The highest BCUT2D eigenvalue weighted by Crippen LogP contribution is 2.31. The minimum atomic E-state index is 0.395. The van der Waals surface area contributed by atoms with Gasteiger partial charge >= 0.3 is 0 Å². The zero-order chi connectivity index (χ0) is 28.4. The van der Waals surface area contributed by atoms with Crippen LogP contribution in [-0.4, -0.2) is 22.9 Å². The van der Waals surface area contributed by atoms with Gasteiger partial charge in [-0.25, -0.2) is 0 Å². The van der Waals surface area contributed by atoms with E-state index in [4.69, 9.17) is 0 Å². The maximum Gasteiger partial charge on any atom is 0.127 e. The molecule has 40 heavy (non-hydrogen) atoms. The Morgan fingerprint density at radius 1 is 0.400 bits per heavy atom. The number of rotatable bonds is 28. The summed E-state index contributed by atoms with van der Waals surface area (Å²) in [4.78, 5) is 5.21. The Morgan fingerprint density at radius 3 is 1.02 bits per heavy atom. The van der Waals surface area contributed by atoms with E-state index in [1.54, 1.807) is 0 Å². The van der Waals surface area contributed by atoms with Crippen molar-refractivity contribution in [3.8, 4) is 0 Å². The normalized spacial score (nSPS) is 15.0. The van der Waals surface area contributed by atoms with Gasteiger partial charge in [-0.1, -0.05) is 192 Å². The van der Waals surface area contributed by atoms with Crippen molar-refractivity contribution in [1.82, 2.24) is 9.80 Å². The van der Waals surface area contributed by atoms with Crippen LogP contribution < -0.4 is 0 Å². The van der Waals surface area contributed by atoms with Crippen molar-refractivity contribution in [1.29, 1.82) is 0 Å².